The molecule has 0 radical (unpaired) electrons. The van der Waals surface area contributed by atoms with Gasteiger partial charge in [-0.25, -0.2) is 4.79 Å². The van der Waals surface area contributed by atoms with E-state index in [1.54, 1.807) is 4.90 Å². The fourth-order valence-electron chi connectivity index (χ4n) is 1.54. The summed E-state index contributed by atoms with van der Waals surface area (Å²) in [5.41, 5.74) is -0.521. The molecule has 1 amide bonds. The molecule has 1 rings (SSSR count). The molecule has 0 aromatic carbocycles. The second-order valence-electron chi connectivity index (χ2n) is 6.95. The smallest absolute Gasteiger partial charge is 0.410 e. The third-order valence-electron chi connectivity index (χ3n) is 2.59. The molecule has 6 nitrogen and oxygen atoms in total. The van der Waals surface area contributed by atoms with Gasteiger partial charge < -0.3 is 18.9 Å². The van der Waals surface area contributed by atoms with Crippen LogP contribution in [0.4, 0.5) is 4.79 Å². The van der Waals surface area contributed by atoms with Crippen LogP contribution in [0.25, 0.3) is 0 Å². The molecule has 1 aliphatic rings. The minimum Gasteiger partial charge on any atom is -0.591 e. The van der Waals surface area contributed by atoms with Crippen LogP contribution >= 0.6 is 0 Å². The van der Waals surface area contributed by atoms with E-state index in [2.05, 4.69) is 4.40 Å². The molecular formula is C14H26N2O4S. The van der Waals surface area contributed by atoms with Crippen LogP contribution < -0.4 is 0 Å². The van der Waals surface area contributed by atoms with Gasteiger partial charge in [0.05, 0.1) is 19.4 Å². The Kier molecular flexibility index (Phi) is 6.07. The number of ether oxygens (including phenoxy) is 2. The number of rotatable bonds is 2. The molecule has 0 spiro atoms. The molecule has 1 fully saturated rings. The van der Waals surface area contributed by atoms with Gasteiger partial charge in [-0.15, -0.1) is 0 Å². The molecule has 1 heterocycles. The Hall–Kier alpha value is -0.790. The first-order valence-corrected chi connectivity index (χ1v) is 8.15. The zero-order chi connectivity index (χ0) is 16.3. The van der Waals surface area contributed by atoms with E-state index in [9.17, 15) is 9.35 Å². The molecule has 21 heavy (non-hydrogen) atoms. The molecule has 0 aromatic rings. The van der Waals surface area contributed by atoms with Gasteiger partial charge in [-0.3, -0.25) is 0 Å². The number of morpholine rings is 1. The van der Waals surface area contributed by atoms with Crippen molar-refractivity contribution in [1.82, 2.24) is 4.90 Å². The fourth-order valence-corrected chi connectivity index (χ4v) is 2.10. The fraction of sp³-hybridized carbons (Fsp3) is 0.857. The van der Waals surface area contributed by atoms with Crippen molar-refractivity contribution < 1.29 is 18.8 Å². The molecule has 1 saturated heterocycles. The Balaban J connectivity index is 2.56. The molecule has 1 aliphatic heterocycles. The lowest BCUT2D eigenvalue weighted by Gasteiger charge is -2.32. The van der Waals surface area contributed by atoms with E-state index in [0.29, 0.717) is 19.7 Å². The van der Waals surface area contributed by atoms with Crippen LogP contribution in [0.1, 0.15) is 41.5 Å². The summed E-state index contributed by atoms with van der Waals surface area (Å²) in [7, 11) is 0. The highest BCUT2D eigenvalue weighted by molar-refractivity contribution is 7.91. The summed E-state index contributed by atoms with van der Waals surface area (Å²) in [6.07, 6.45) is 0.816. The van der Waals surface area contributed by atoms with Crippen molar-refractivity contribution in [2.75, 3.05) is 19.7 Å². The zero-order valence-electron chi connectivity index (χ0n) is 13.7. The maximum Gasteiger partial charge on any atom is 0.410 e. The largest absolute Gasteiger partial charge is 0.591 e. The van der Waals surface area contributed by atoms with Gasteiger partial charge in [0.25, 0.3) is 0 Å². The van der Waals surface area contributed by atoms with Crippen LogP contribution in [0.5, 0.6) is 0 Å². The van der Waals surface area contributed by atoms with E-state index in [1.807, 2.05) is 41.5 Å². The summed E-state index contributed by atoms with van der Waals surface area (Å²) in [4.78, 5) is 13.6. The highest BCUT2D eigenvalue weighted by Crippen LogP contribution is 2.17. The third kappa shape index (κ3) is 6.67. The molecule has 0 N–H and O–H groups in total. The van der Waals surface area contributed by atoms with Gasteiger partial charge in [-0.05, 0) is 41.5 Å². The maximum absolute atomic E-state index is 12.0. The first kappa shape index (κ1) is 18.3. The topological polar surface area (TPSA) is 74.2 Å². The second kappa shape index (κ2) is 6.98. The van der Waals surface area contributed by atoms with Crippen molar-refractivity contribution in [2.24, 2.45) is 4.40 Å². The van der Waals surface area contributed by atoms with Crippen LogP contribution in [0.3, 0.4) is 0 Å². The SMILES string of the molecule is CC(C)(C)OC(=O)N1CCO[C@@H](/C=N/[S@+]([O-])C(C)(C)C)C1. The van der Waals surface area contributed by atoms with Crippen molar-refractivity contribution in [3.8, 4) is 0 Å². The molecule has 0 saturated carbocycles. The summed E-state index contributed by atoms with van der Waals surface area (Å²) in [5.74, 6) is 0. The summed E-state index contributed by atoms with van der Waals surface area (Å²) in [6.45, 7) is 12.3. The van der Waals surface area contributed by atoms with Crippen molar-refractivity contribution >= 4 is 23.7 Å². The van der Waals surface area contributed by atoms with E-state index in [-0.39, 0.29) is 12.2 Å². The van der Waals surface area contributed by atoms with Crippen LogP contribution in [-0.4, -0.2) is 57.9 Å². The highest BCUT2D eigenvalue weighted by atomic mass is 32.2. The first-order chi connectivity index (χ1) is 9.49. The Morgan fingerprint density at radius 2 is 2.00 bits per heavy atom. The average Bonchev–Trinajstić information content (AvgIpc) is 2.33. The third-order valence-corrected chi connectivity index (χ3v) is 3.95. The molecule has 122 valence electrons. The van der Waals surface area contributed by atoms with Crippen LogP contribution in [0.2, 0.25) is 0 Å². The van der Waals surface area contributed by atoms with E-state index in [4.69, 9.17) is 9.47 Å². The van der Waals surface area contributed by atoms with Crippen molar-refractivity contribution in [3.63, 3.8) is 0 Å². The molecular weight excluding hydrogens is 292 g/mol. The average molecular weight is 318 g/mol. The maximum atomic E-state index is 12.0. The Morgan fingerprint density at radius 1 is 1.38 bits per heavy atom. The van der Waals surface area contributed by atoms with Crippen LogP contribution in [0, 0.1) is 0 Å². The Bertz CT molecular complexity index is 387. The summed E-state index contributed by atoms with van der Waals surface area (Å²) in [6, 6.07) is 0. The monoisotopic (exact) mass is 318 g/mol. The van der Waals surface area contributed by atoms with Crippen molar-refractivity contribution in [3.05, 3.63) is 0 Å². The molecule has 0 bridgehead atoms. The van der Waals surface area contributed by atoms with E-state index in [0.717, 1.165) is 0 Å². The highest BCUT2D eigenvalue weighted by Gasteiger charge is 2.29. The lowest BCUT2D eigenvalue weighted by molar-refractivity contribution is -0.0197. The van der Waals surface area contributed by atoms with Gasteiger partial charge in [-0.1, -0.05) is 4.40 Å². The van der Waals surface area contributed by atoms with Gasteiger partial charge in [0, 0.05) is 6.54 Å². The van der Waals surface area contributed by atoms with Gasteiger partial charge in [0.2, 0.25) is 0 Å². The van der Waals surface area contributed by atoms with Crippen LogP contribution in [0.15, 0.2) is 4.40 Å². The minimum absolute atomic E-state index is 0.349. The van der Waals surface area contributed by atoms with E-state index in [1.165, 1.54) is 6.21 Å². The number of hydrogen-bond acceptors (Lipinski definition) is 5. The molecule has 2 atom stereocenters. The van der Waals surface area contributed by atoms with E-state index < -0.39 is 21.7 Å². The Morgan fingerprint density at radius 3 is 2.52 bits per heavy atom. The standard InChI is InChI=1S/C14H26N2O4S/c1-13(2,3)20-12(17)16-7-8-19-11(10-16)9-15-21(18)14(4,5)6/h9,11H,7-8,10H2,1-6H3/b15-9+/t11-,21+/m0/s1. The second-order valence-corrected chi connectivity index (χ2v) is 8.89. The van der Waals surface area contributed by atoms with Gasteiger partial charge in [0.15, 0.2) is 0 Å². The van der Waals surface area contributed by atoms with Gasteiger partial charge >= 0.3 is 6.09 Å². The van der Waals surface area contributed by atoms with Crippen LogP contribution in [-0.2, 0) is 20.8 Å². The summed E-state index contributed by atoms with van der Waals surface area (Å²) in [5, 5.41) is 0. The minimum atomic E-state index is -1.32. The predicted octanol–water partition coefficient (Wildman–Crippen LogP) is 2.16. The van der Waals surface area contributed by atoms with Crippen molar-refractivity contribution in [1.29, 1.82) is 0 Å². The number of nitrogens with zero attached hydrogens (tertiary/aromatic N) is 2. The number of amides is 1. The Labute approximate surface area is 130 Å². The lowest BCUT2D eigenvalue weighted by Crippen LogP contribution is -2.48. The zero-order valence-corrected chi connectivity index (χ0v) is 14.5. The molecule has 0 aromatic heterocycles. The lowest BCUT2D eigenvalue weighted by atomic mass is 10.2. The number of carbonyl (C=O) groups is 1. The quantitative estimate of drug-likeness (QED) is 0.577. The number of carbonyl (C=O) groups excluding carboxylic acids is 1. The normalized spacial score (nSPS) is 22.4. The molecule has 7 heteroatoms. The van der Waals surface area contributed by atoms with Gasteiger partial charge in [-0.2, -0.15) is 0 Å². The first-order valence-electron chi connectivity index (χ1n) is 7.05. The number of hydrogen-bond donors (Lipinski definition) is 0. The predicted molar refractivity (Wildman–Crippen MR) is 83.9 cm³/mol. The summed E-state index contributed by atoms with van der Waals surface area (Å²) < 4.78 is 26.3. The summed E-state index contributed by atoms with van der Waals surface area (Å²) >= 11 is -1.32. The molecule has 0 unspecified atom stereocenters. The van der Waals surface area contributed by atoms with Crippen molar-refractivity contribution in [2.45, 2.75) is 58.0 Å². The van der Waals surface area contributed by atoms with Gasteiger partial charge in [0.1, 0.15) is 27.8 Å². The molecule has 0 aliphatic carbocycles. The van der Waals surface area contributed by atoms with E-state index >= 15 is 0 Å².